The molecule has 0 radical (unpaired) electrons. The summed E-state index contributed by atoms with van der Waals surface area (Å²) >= 11 is 0. The lowest BCUT2D eigenvalue weighted by atomic mass is 10.0. The van der Waals surface area contributed by atoms with E-state index in [4.69, 9.17) is 4.74 Å². The topological polar surface area (TPSA) is 9.23 Å². The summed E-state index contributed by atoms with van der Waals surface area (Å²) in [6.45, 7) is 4.55. The number of benzene rings is 2. The molecule has 0 aliphatic carbocycles. The number of rotatable bonds is 16. The van der Waals surface area contributed by atoms with Crippen LogP contribution >= 0.6 is 0 Å². The quantitative estimate of drug-likeness (QED) is 0.258. The fraction of sp³-hybridized carbons (Fsp3) is 0.571. The van der Waals surface area contributed by atoms with Gasteiger partial charge < -0.3 is 4.74 Å². The third kappa shape index (κ3) is 10.5. The van der Waals surface area contributed by atoms with Crippen LogP contribution in [0.25, 0.3) is 0 Å². The van der Waals surface area contributed by atoms with Crippen LogP contribution in [0.4, 0.5) is 0 Å². The molecule has 0 aliphatic heterocycles. The smallest absolute Gasteiger partial charge is 0.127 e. The molecule has 0 atom stereocenters. The van der Waals surface area contributed by atoms with E-state index < -0.39 is 0 Å². The molecule has 0 N–H and O–H groups in total. The molecule has 0 unspecified atom stereocenters. The molecule has 0 aromatic heterocycles. The van der Waals surface area contributed by atoms with Crippen molar-refractivity contribution in [3.63, 3.8) is 0 Å². The zero-order valence-electron chi connectivity index (χ0n) is 18.9. The van der Waals surface area contributed by atoms with Crippen LogP contribution in [-0.2, 0) is 12.8 Å². The summed E-state index contributed by atoms with van der Waals surface area (Å²) in [6, 6.07) is 17.3. The molecule has 0 aliphatic rings. The molecule has 0 spiro atoms. The third-order valence-corrected chi connectivity index (χ3v) is 5.70. The molecule has 2 rings (SSSR count). The van der Waals surface area contributed by atoms with Gasteiger partial charge in [0.05, 0.1) is 0 Å². The molecule has 0 fully saturated rings. The number of aryl methyl sites for hydroxylation is 2. The van der Waals surface area contributed by atoms with Gasteiger partial charge in [-0.05, 0) is 61.1 Å². The van der Waals surface area contributed by atoms with Crippen LogP contribution in [0.2, 0.25) is 0 Å². The van der Waals surface area contributed by atoms with Crippen molar-refractivity contribution in [3.8, 4) is 11.5 Å². The Bertz CT molecular complexity index is 644. The summed E-state index contributed by atoms with van der Waals surface area (Å²) in [6.07, 6.45) is 18.5. The molecular weight excluding hydrogens is 352 g/mol. The van der Waals surface area contributed by atoms with Gasteiger partial charge in [0.25, 0.3) is 0 Å². The second-order valence-corrected chi connectivity index (χ2v) is 8.43. The summed E-state index contributed by atoms with van der Waals surface area (Å²) in [5, 5.41) is 0. The number of hydrogen-bond donors (Lipinski definition) is 0. The Hall–Kier alpha value is -1.76. The second-order valence-electron chi connectivity index (χ2n) is 8.43. The highest BCUT2D eigenvalue weighted by molar-refractivity contribution is 5.35. The number of hydrogen-bond acceptors (Lipinski definition) is 1. The van der Waals surface area contributed by atoms with Crippen LogP contribution in [0.5, 0.6) is 11.5 Å². The molecule has 1 nitrogen and oxygen atoms in total. The fourth-order valence-corrected chi connectivity index (χ4v) is 3.84. The van der Waals surface area contributed by atoms with E-state index in [2.05, 4.69) is 62.4 Å². The first kappa shape index (κ1) is 23.5. The van der Waals surface area contributed by atoms with Crippen LogP contribution in [0, 0.1) is 0 Å². The standard InChI is InChI=1S/C28H42O/c1-3-5-7-9-11-13-16-25-20-22-27(23-21-25)29-28-19-15-18-26(24-28)17-14-12-10-8-6-4-2/h15,18-24H,3-14,16-17H2,1-2H3. The van der Waals surface area contributed by atoms with Crippen LogP contribution in [0.1, 0.15) is 102 Å². The van der Waals surface area contributed by atoms with E-state index in [0.29, 0.717) is 0 Å². The van der Waals surface area contributed by atoms with Crippen molar-refractivity contribution in [2.24, 2.45) is 0 Å². The maximum Gasteiger partial charge on any atom is 0.127 e. The van der Waals surface area contributed by atoms with E-state index >= 15 is 0 Å². The minimum Gasteiger partial charge on any atom is -0.457 e. The third-order valence-electron chi connectivity index (χ3n) is 5.70. The first-order valence-corrected chi connectivity index (χ1v) is 12.2. The van der Waals surface area contributed by atoms with E-state index in [1.165, 1.54) is 94.6 Å². The van der Waals surface area contributed by atoms with E-state index in [9.17, 15) is 0 Å². The molecule has 0 heterocycles. The van der Waals surface area contributed by atoms with Gasteiger partial charge >= 0.3 is 0 Å². The van der Waals surface area contributed by atoms with Crippen LogP contribution in [0.3, 0.4) is 0 Å². The normalized spacial score (nSPS) is 11.0. The predicted molar refractivity (Wildman–Crippen MR) is 127 cm³/mol. The Labute approximate surface area is 179 Å². The number of unbranched alkanes of at least 4 members (excludes halogenated alkanes) is 10. The molecular formula is C28H42O. The molecule has 160 valence electrons. The van der Waals surface area contributed by atoms with Gasteiger partial charge in [-0.25, -0.2) is 0 Å². The Kier molecular flexibility index (Phi) is 12.3. The molecule has 0 amide bonds. The summed E-state index contributed by atoms with van der Waals surface area (Å²) < 4.78 is 6.10. The van der Waals surface area contributed by atoms with Crippen LogP contribution < -0.4 is 4.74 Å². The lowest BCUT2D eigenvalue weighted by molar-refractivity contribution is 0.481. The van der Waals surface area contributed by atoms with Crippen molar-refractivity contribution >= 4 is 0 Å². The van der Waals surface area contributed by atoms with Gasteiger partial charge in [-0.15, -0.1) is 0 Å². The van der Waals surface area contributed by atoms with Gasteiger partial charge in [-0.1, -0.05) is 102 Å². The summed E-state index contributed by atoms with van der Waals surface area (Å²) in [7, 11) is 0. The molecule has 0 bridgehead atoms. The highest BCUT2D eigenvalue weighted by atomic mass is 16.5. The summed E-state index contributed by atoms with van der Waals surface area (Å²) in [4.78, 5) is 0. The highest BCUT2D eigenvalue weighted by Crippen LogP contribution is 2.24. The van der Waals surface area contributed by atoms with E-state index in [0.717, 1.165) is 17.9 Å². The summed E-state index contributed by atoms with van der Waals surface area (Å²) in [5.74, 6) is 1.89. The lowest BCUT2D eigenvalue weighted by Crippen LogP contribution is -1.90. The largest absolute Gasteiger partial charge is 0.457 e. The van der Waals surface area contributed by atoms with Gasteiger partial charge in [0.1, 0.15) is 11.5 Å². The zero-order chi connectivity index (χ0) is 20.6. The van der Waals surface area contributed by atoms with Crippen molar-refractivity contribution in [1.82, 2.24) is 0 Å². The Morgan fingerprint density at radius 3 is 1.69 bits per heavy atom. The molecule has 2 aromatic rings. The lowest BCUT2D eigenvalue weighted by Gasteiger charge is -2.09. The van der Waals surface area contributed by atoms with E-state index in [-0.39, 0.29) is 0 Å². The molecule has 0 saturated carbocycles. The predicted octanol–water partition coefficient (Wildman–Crippen LogP) is 9.28. The van der Waals surface area contributed by atoms with Crippen LogP contribution in [-0.4, -0.2) is 0 Å². The molecule has 29 heavy (non-hydrogen) atoms. The minimum atomic E-state index is 0.938. The Morgan fingerprint density at radius 2 is 1.07 bits per heavy atom. The second kappa shape index (κ2) is 15.1. The van der Waals surface area contributed by atoms with Gasteiger partial charge in [0.15, 0.2) is 0 Å². The SMILES string of the molecule is CCCCCCCCc1ccc(Oc2cccc(CCCCCCCC)c2)cc1. The van der Waals surface area contributed by atoms with Crippen molar-refractivity contribution in [1.29, 1.82) is 0 Å². The van der Waals surface area contributed by atoms with Crippen molar-refractivity contribution in [2.45, 2.75) is 104 Å². The molecule has 2 aromatic carbocycles. The van der Waals surface area contributed by atoms with Gasteiger partial charge in [-0.3, -0.25) is 0 Å². The molecule has 0 saturated heterocycles. The van der Waals surface area contributed by atoms with Crippen molar-refractivity contribution in [3.05, 3.63) is 59.7 Å². The first-order chi connectivity index (χ1) is 14.3. The maximum atomic E-state index is 6.10. The van der Waals surface area contributed by atoms with Gasteiger partial charge in [-0.2, -0.15) is 0 Å². The minimum absolute atomic E-state index is 0.938. The highest BCUT2D eigenvalue weighted by Gasteiger charge is 2.01. The maximum absolute atomic E-state index is 6.10. The van der Waals surface area contributed by atoms with Gasteiger partial charge in [0, 0.05) is 0 Å². The van der Waals surface area contributed by atoms with Crippen molar-refractivity contribution in [2.75, 3.05) is 0 Å². The average molecular weight is 395 g/mol. The Morgan fingerprint density at radius 1 is 0.517 bits per heavy atom. The Balaban J connectivity index is 1.71. The van der Waals surface area contributed by atoms with E-state index in [1.54, 1.807) is 0 Å². The number of ether oxygens (including phenoxy) is 1. The molecule has 1 heteroatoms. The van der Waals surface area contributed by atoms with Crippen LogP contribution in [0.15, 0.2) is 48.5 Å². The van der Waals surface area contributed by atoms with E-state index in [1.807, 2.05) is 0 Å². The fourth-order valence-electron chi connectivity index (χ4n) is 3.84. The first-order valence-electron chi connectivity index (χ1n) is 12.2. The zero-order valence-corrected chi connectivity index (χ0v) is 18.9. The summed E-state index contributed by atoms with van der Waals surface area (Å²) in [5.41, 5.74) is 2.81. The van der Waals surface area contributed by atoms with Crippen molar-refractivity contribution < 1.29 is 4.74 Å². The average Bonchev–Trinajstić information content (AvgIpc) is 2.74. The monoisotopic (exact) mass is 394 g/mol. The van der Waals surface area contributed by atoms with Gasteiger partial charge in [0.2, 0.25) is 0 Å².